The van der Waals surface area contributed by atoms with Gasteiger partial charge < -0.3 is 14.4 Å². The summed E-state index contributed by atoms with van der Waals surface area (Å²) >= 11 is 1.23. The molecule has 7 heteroatoms. The van der Waals surface area contributed by atoms with Gasteiger partial charge in [-0.15, -0.1) is 0 Å². The number of aromatic nitrogens is 1. The Kier molecular flexibility index (Phi) is 6.93. The number of rotatable bonds is 6. The van der Waals surface area contributed by atoms with Gasteiger partial charge in [-0.3, -0.25) is 0 Å². The summed E-state index contributed by atoms with van der Waals surface area (Å²) in [4.78, 5) is 17.9. The third kappa shape index (κ3) is 4.92. The molecular weight excluding hydrogens is 482 g/mol. The fourth-order valence-corrected chi connectivity index (χ4v) is 5.25. The third-order valence-corrected chi connectivity index (χ3v) is 6.96. The van der Waals surface area contributed by atoms with E-state index in [-0.39, 0.29) is 17.9 Å². The minimum Gasteiger partial charge on any atom is -0.506 e. The summed E-state index contributed by atoms with van der Waals surface area (Å²) in [6, 6.07) is 27.1. The maximum absolute atomic E-state index is 12.7. The first-order valence-electron chi connectivity index (χ1n) is 11.8. The first-order valence-corrected chi connectivity index (χ1v) is 12.6. The van der Waals surface area contributed by atoms with E-state index in [1.807, 2.05) is 91.1 Å². The Morgan fingerprint density at radius 3 is 2.59 bits per heavy atom. The second kappa shape index (κ2) is 10.6. The van der Waals surface area contributed by atoms with E-state index in [2.05, 4.69) is 15.6 Å². The minimum atomic E-state index is -0.610. The molecule has 0 bridgehead atoms. The number of aliphatic imine (C=N–C) groups is 1. The van der Waals surface area contributed by atoms with Crippen molar-refractivity contribution in [1.29, 1.82) is 5.26 Å². The number of nitrogens with zero attached hydrogens (tertiary/aromatic N) is 3. The molecule has 2 heterocycles. The smallest absolute Gasteiger partial charge is 0.344 e. The molecule has 0 saturated heterocycles. The lowest BCUT2D eigenvalue weighted by molar-refractivity contribution is -0.138. The molecule has 4 aromatic rings. The molecule has 0 amide bonds. The van der Waals surface area contributed by atoms with Crippen LogP contribution in [0.15, 0.2) is 106 Å². The molecular formula is C30H23N3O3S. The van der Waals surface area contributed by atoms with Gasteiger partial charge in [-0.05, 0) is 42.8 Å². The predicted octanol–water partition coefficient (Wildman–Crippen LogP) is 6.75. The molecule has 0 saturated carbocycles. The van der Waals surface area contributed by atoms with Crippen LogP contribution in [0.25, 0.3) is 17.0 Å². The number of aliphatic hydroxyl groups is 1. The van der Waals surface area contributed by atoms with E-state index in [0.29, 0.717) is 27.7 Å². The van der Waals surface area contributed by atoms with E-state index in [1.54, 1.807) is 6.92 Å². The zero-order chi connectivity index (χ0) is 25.8. The van der Waals surface area contributed by atoms with Crippen molar-refractivity contribution in [3.63, 3.8) is 0 Å². The van der Waals surface area contributed by atoms with E-state index >= 15 is 0 Å². The van der Waals surface area contributed by atoms with Gasteiger partial charge in [0.2, 0.25) is 0 Å². The molecule has 0 spiro atoms. The van der Waals surface area contributed by atoms with Crippen molar-refractivity contribution < 1.29 is 14.6 Å². The first kappa shape index (κ1) is 24.2. The molecule has 0 atom stereocenters. The summed E-state index contributed by atoms with van der Waals surface area (Å²) in [6.07, 6.45) is 3.86. The van der Waals surface area contributed by atoms with Crippen LogP contribution < -0.4 is 0 Å². The Labute approximate surface area is 218 Å². The average molecular weight is 506 g/mol. The molecule has 0 fully saturated rings. The average Bonchev–Trinajstić information content (AvgIpc) is 3.42. The quantitative estimate of drug-likeness (QED) is 0.293. The van der Waals surface area contributed by atoms with Crippen molar-refractivity contribution >= 4 is 45.4 Å². The molecule has 37 heavy (non-hydrogen) atoms. The number of nitriles is 1. The highest BCUT2D eigenvalue weighted by Gasteiger charge is 2.33. The molecule has 0 radical (unpaired) electrons. The highest BCUT2D eigenvalue weighted by atomic mass is 32.2. The highest BCUT2D eigenvalue weighted by molar-refractivity contribution is 8.18. The highest BCUT2D eigenvalue weighted by Crippen LogP contribution is 2.41. The summed E-state index contributed by atoms with van der Waals surface area (Å²) in [6.45, 7) is 2.44. The lowest BCUT2D eigenvalue weighted by atomic mass is 10.1. The van der Waals surface area contributed by atoms with E-state index in [4.69, 9.17) is 4.74 Å². The number of hydrogen-bond acceptors (Lipinski definition) is 6. The SMILES string of the molecule is CCOC(=O)C1=C(O)/C(=C/c2cn(Cc3ccccc3C#N)c3ccccc23)SC1=Nc1ccccc1. The van der Waals surface area contributed by atoms with Crippen LogP contribution >= 0.6 is 11.8 Å². The Bertz CT molecular complexity index is 1620. The summed E-state index contributed by atoms with van der Waals surface area (Å²) in [5.74, 6) is -0.758. The molecule has 1 aromatic heterocycles. The van der Waals surface area contributed by atoms with Crippen molar-refractivity contribution in [3.05, 3.63) is 118 Å². The summed E-state index contributed by atoms with van der Waals surface area (Å²) in [5.41, 5.74) is 4.17. The third-order valence-electron chi connectivity index (χ3n) is 5.94. The first-order chi connectivity index (χ1) is 18.1. The Balaban J connectivity index is 1.58. The van der Waals surface area contributed by atoms with Gasteiger partial charge >= 0.3 is 5.97 Å². The van der Waals surface area contributed by atoms with Crippen LogP contribution in [-0.2, 0) is 16.1 Å². The number of ether oxygens (including phenoxy) is 1. The largest absolute Gasteiger partial charge is 0.506 e. The van der Waals surface area contributed by atoms with Gasteiger partial charge in [-0.1, -0.05) is 66.4 Å². The fraction of sp³-hybridized carbons (Fsp3) is 0.100. The standard InChI is InChI=1S/C30H23N3O3S/c1-2-36-30(35)27-28(34)26(37-29(27)32-23-12-4-3-5-13-23)16-22-19-33(25-15-9-8-14-24(22)25)18-21-11-7-6-10-20(21)17-31/h3-16,19,34H,2,18H2,1H3/b26-16-,32-29?. The molecule has 1 aliphatic heterocycles. The predicted molar refractivity (Wildman–Crippen MR) is 148 cm³/mol. The second-order valence-electron chi connectivity index (χ2n) is 8.31. The number of thioether (sulfide) groups is 1. The van der Waals surface area contributed by atoms with Crippen molar-refractivity contribution in [3.8, 4) is 6.07 Å². The molecule has 0 unspecified atom stereocenters. The monoisotopic (exact) mass is 505 g/mol. The Morgan fingerprint density at radius 1 is 1.08 bits per heavy atom. The number of carbonyl (C=O) groups is 1. The topological polar surface area (TPSA) is 87.6 Å². The molecule has 6 nitrogen and oxygen atoms in total. The summed E-state index contributed by atoms with van der Waals surface area (Å²) in [7, 11) is 0. The maximum atomic E-state index is 12.7. The van der Waals surface area contributed by atoms with E-state index in [0.717, 1.165) is 22.0 Å². The number of para-hydroxylation sites is 2. The van der Waals surface area contributed by atoms with Crippen molar-refractivity contribution in [2.45, 2.75) is 13.5 Å². The lowest BCUT2D eigenvalue weighted by Gasteiger charge is -2.07. The number of fused-ring (bicyclic) bond motifs is 1. The van der Waals surface area contributed by atoms with E-state index in [1.165, 1.54) is 11.8 Å². The molecule has 0 aliphatic carbocycles. The van der Waals surface area contributed by atoms with Gasteiger partial charge in [0.25, 0.3) is 0 Å². The van der Waals surface area contributed by atoms with E-state index in [9.17, 15) is 15.2 Å². The number of hydrogen-bond donors (Lipinski definition) is 1. The zero-order valence-corrected chi connectivity index (χ0v) is 20.9. The zero-order valence-electron chi connectivity index (χ0n) is 20.1. The number of carbonyl (C=O) groups excluding carboxylic acids is 1. The van der Waals surface area contributed by atoms with Gasteiger partial charge in [-0.25, -0.2) is 9.79 Å². The molecule has 1 aliphatic rings. The van der Waals surface area contributed by atoms with E-state index < -0.39 is 5.97 Å². The normalized spacial score (nSPS) is 15.5. The van der Waals surface area contributed by atoms with Crippen LogP contribution in [0.5, 0.6) is 0 Å². The number of aliphatic hydroxyl groups excluding tert-OH is 1. The molecule has 1 N–H and O–H groups in total. The van der Waals surface area contributed by atoms with Crippen molar-refractivity contribution in [2.75, 3.05) is 6.61 Å². The summed E-state index contributed by atoms with van der Waals surface area (Å²) < 4.78 is 7.30. The van der Waals surface area contributed by atoms with Gasteiger partial charge in [0.05, 0.1) is 28.8 Å². The molecule has 3 aromatic carbocycles. The van der Waals surface area contributed by atoms with Crippen molar-refractivity contribution in [1.82, 2.24) is 4.57 Å². The second-order valence-corrected chi connectivity index (χ2v) is 9.34. The van der Waals surface area contributed by atoms with Crippen molar-refractivity contribution in [2.24, 2.45) is 4.99 Å². The fourth-order valence-electron chi connectivity index (χ4n) is 4.22. The van der Waals surface area contributed by atoms with Crippen LogP contribution in [-0.4, -0.2) is 27.3 Å². The van der Waals surface area contributed by atoms with Crippen LogP contribution in [0, 0.1) is 11.3 Å². The van der Waals surface area contributed by atoms with Crippen LogP contribution in [0.2, 0.25) is 0 Å². The van der Waals surface area contributed by atoms with Gasteiger partial charge in [0.15, 0.2) is 0 Å². The van der Waals surface area contributed by atoms with Gasteiger partial charge in [-0.2, -0.15) is 5.26 Å². The van der Waals surface area contributed by atoms with Crippen LogP contribution in [0.4, 0.5) is 5.69 Å². The Hall–Kier alpha value is -4.54. The minimum absolute atomic E-state index is 0.0636. The Morgan fingerprint density at radius 2 is 1.81 bits per heavy atom. The molecule has 182 valence electrons. The van der Waals surface area contributed by atoms with Gasteiger partial charge in [0.1, 0.15) is 16.4 Å². The summed E-state index contributed by atoms with van der Waals surface area (Å²) in [5, 5.41) is 22.0. The van der Waals surface area contributed by atoms with Crippen LogP contribution in [0.1, 0.15) is 23.6 Å². The molecule has 5 rings (SSSR count). The lowest BCUT2D eigenvalue weighted by Crippen LogP contribution is -2.12. The number of benzene rings is 3. The van der Waals surface area contributed by atoms with Crippen LogP contribution in [0.3, 0.4) is 0 Å². The van der Waals surface area contributed by atoms with Gasteiger partial charge in [0, 0.05) is 29.2 Å². The number of esters is 1. The maximum Gasteiger partial charge on any atom is 0.344 e.